The molecule has 9 heteroatoms. The molecule has 0 amide bonds. The number of carboxylic acid groups (broad SMARTS) is 1. The third-order valence-corrected chi connectivity index (χ3v) is 2.92. The summed E-state index contributed by atoms with van der Waals surface area (Å²) in [4.78, 5) is 29.2. The predicted octanol–water partition coefficient (Wildman–Crippen LogP) is 2.28. The van der Waals surface area contributed by atoms with E-state index in [4.69, 9.17) is 15.6 Å². The van der Waals surface area contributed by atoms with Crippen LogP contribution in [0, 0.1) is 10.1 Å². The molecule has 0 heterocycles. The maximum absolute atomic E-state index is 10.1. The van der Waals surface area contributed by atoms with E-state index in [0.717, 1.165) is 11.3 Å². The van der Waals surface area contributed by atoms with E-state index in [1.54, 1.807) is 7.11 Å². The lowest BCUT2D eigenvalue weighted by Crippen LogP contribution is -2.02. The summed E-state index contributed by atoms with van der Waals surface area (Å²) in [6, 6.07) is 13.1. The number of rotatable bonds is 6. The van der Waals surface area contributed by atoms with Crippen LogP contribution < -0.4 is 10.5 Å². The van der Waals surface area contributed by atoms with E-state index in [1.807, 2.05) is 24.3 Å². The molecule has 2 aromatic rings. The molecule has 2 aromatic carbocycles. The van der Waals surface area contributed by atoms with E-state index >= 15 is 0 Å². The lowest BCUT2D eigenvalue weighted by molar-refractivity contribution is -0.384. The van der Waals surface area contributed by atoms with E-state index in [0.29, 0.717) is 18.4 Å². The molecule has 2 rings (SSSR count). The molecule has 0 saturated carbocycles. The van der Waals surface area contributed by atoms with Gasteiger partial charge >= 0.3 is 5.97 Å². The van der Waals surface area contributed by atoms with Crippen molar-refractivity contribution in [2.24, 2.45) is 5.73 Å². The monoisotopic (exact) mass is 378 g/mol. The third kappa shape index (κ3) is 10.3. The number of carbonyl (C=O) groups is 2. The Kier molecular flexibility index (Phi) is 12.2. The van der Waals surface area contributed by atoms with Crippen LogP contribution in [-0.4, -0.2) is 43.1 Å². The molecule has 0 radical (unpaired) electrons. The van der Waals surface area contributed by atoms with Crippen molar-refractivity contribution in [1.82, 2.24) is 0 Å². The number of ether oxygens (including phenoxy) is 2. The van der Waals surface area contributed by atoms with Crippen molar-refractivity contribution >= 4 is 17.9 Å². The van der Waals surface area contributed by atoms with Gasteiger partial charge in [0.25, 0.3) is 5.69 Å². The van der Waals surface area contributed by atoms with Gasteiger partial charge in [0.2, 0.25) is 0 Å². The first-order chi connectivity index (χ1) is 12.9. The summed E-state index contributed by atoms with van der Waals surface area (Å²) in [5.74, 6) is -0.0671. The third-order valence-electron chi connectivity index (χ3n) is 2.92. The van der Waals surface area contributed by atoms with Crippen molar-refractivity contribution < 1.29 is 29.1 Å². The number of para-hydroxylation sites is 1. The maximum atomic E-state index is 10.1. The second kappa shape index (κ2) is 13.9. The number of aldehydes is 1. The van der Waals surface area contributed by atoms with Gasteiger partial charge in [-0.1, -0.05) is 18.2 Å². The van der Waals surface area contributed by atoms with Crippen molar-refractivity contribution in [3.8, 4) is 5.75 Å². The lowest BCUT2D eigenvalue weighted by atomic mass is 10.2. The summed E-state index contributed by atoms with van der Waals surface area (Å²) in [5.41, 5.74) is 6.93. The minimum Gasteiger partial charge on any atom is -0.496 e. The van der Waals surface area contributed by atoms with Gasteiger partial charge in [0.05, 0.1) is 12.0 Å². The molecule has 9 nitrogen and oxygen atoms in total. The van der Waals surface area contributed by atoms with Crippen molar-refractivity contribution in [2.45, 2.75) is 6.54 Å². The zero-order valence-electron chi connectivity index (χ0n) is 15.0. The molecule has 0 spiro atoms. The average Bonchev–Trinajstić information content (AvgIpc) is 2.68. The Morgan fingerprint density at radius 1 is 1.19 bits per heavy atom. The molecule has 0 bridgehead atoms. The highest BCUT2D eigenvalue weighted by molar-refractivity contribution is 5.75. The number of carboxylic acids is 1. The molecule has 0 unspecified atom stereocenters. The molecule has 0 atom stereocenters. The summed E-state index contributed by atoms with van der Waals surface area (Å²) in [7, 11) is 2.99. The van der Waals surface area contributed by atoms with Gasteiger partial charge in [-0.2, -0.15) is 0 Å². The number of benzene rings is 2. The van der Waals surface area contributed by atoms with E-state index in [1.165, 1.54) is 31.4 Å². The molecule has 146 valence electrons. The van der Waals surface area contributed by atoms with Gasteiger partial charge in [-0.25, -0.2) is 4.79 Å². The Labute approximate surface area is 156 Å². The summed E-state index contributed by atoms with van der Waals surface area (Å²) in [5, 5.41) is 17.9. The van der Waals surface area contributed by atoms with Crippen molar-refractivity contribution in [3.63, 3.8) is 0 Å². The van der Waals surface area contributed by atoms with E-state index in [-0.39, 0.29) is 12.3 Å². The summed E-state index contributed by atoms with van der Waals surface area (Å²) in [6.45, 7) is 0.323. The quantitative estimate of drug-likeness (QED) is 0.443. The average molecular weight is 378 g/mol. The van der Waals surface area contributed by atoms with Crippen LogP contribution in [0.1, 0.15) is 15.9 Å². The molecule has 0 aliphatic rings. The first-order valence-electron chi connectivity index (χ1n) is 7.61. The van der Waals surface area contributed by atoms with Gasteiger partial charge in [-0.05, 0) is 18.2 Å². The fraction of sp³-hybridized carbons (Fsp3) is 0.222. The predicted molar refractivity (Wildman–Crippen MR) is 98.9 cm³/mol. The van der Waals surface area contributed by atoms with Crippen LogP contribution >= 0.6 is 0 Å². The summed E-state index contributed by atoms with van der Waals surface area (Å²) in [6.07, 6.45) is 0.643. The molecule has 0 aliphatic heterocycles. The van der Waals surface area contributed by atoms with E-state index in [2.05, 4.69) is 4.74 Å². The minimum atomic E-state index is -0.933. The molecule has 0 aromatic heterocycles. The van der Waals surface area contributed by atoms with Gasteiger partial charge in [0, 0.05) is 36.9 Å². The highest BCUT2D eigenvalue weighted by Gasteiger charge is 2.02. The van der Waals surface area contributed by atoms with Gasteiger partial charge in [-0.3, -0.25) is 14.9 Å². The molecular formula is C18H22N2O7. The maximum Gasteiger partial charge on any atom is 0.329 e. The van der Waals surface area contributed by atoms with E-state index < -0.39 is 10.9 Å². The second-order valence-corrected chi connectivity index (χ2v) is 4.81. The van der Waals surface area contributed by atoms with Crippen LogP contribution in [0.25, 0.3) is 0 Å². The highest BCUT2D eigenvalue weighted by Crippen LogP contribution is 2.15. The first-order valence-corrected chi connectivity index (χ1v) is 7.61. The van der Waals surface area contributed by atoms with Crippen molar-refractivity contribution in [3.05, 3.63) is 69.8 Å². The zero-order valence-corrected chi connectivity index (χ0v) is 15.0. The van der Waals surface area contributed by atoms with Crippen LogP contribution in [0.2, 0.25) is 0 Å². The highest BCUT2D eigenvalue weighted by atomic mass is 16.6. The molecular weight excluding hydrogens is 356 g/mol. The first kappa shape index (κ1) is 23.7. The summed E-state index contributed by atoms with van der Waals surface area (Å²) >= 11 is 0. The number of nitro groups is 1. The Bertz CT molecular complexity index is 695. The fourth-order valence-corrected chi connectivity index (χ4v) is 1.67. The second-order valence-electron chi connectivity index (χ2n) is 4.81. The Hall–Kier alpha value is -3.30. The van der Waals surface area contributed by atoms with Crippen LogP contribution in [0.5, 0.6) is 5.75 Å². The number of nitrogens with zero attached hydrogens (tertiary/aromatic N) is 1. The zero-order chi connectivity index (χ0) is 20.7. The van der Waals surface area contributed by atoms with Crippen LogP contribution in [0.4, 0.5) is 5.69 Å². The number of hydrogen-bond donors (Lipinski definition) is 2. The molecule has 27 heavy (non-hydrogen) atoms. The normalized spacial score (nSPS) is 9.00. The summed E-state index contributed by atoms with van der Waals surface area (Å²) < 4.78 is 9.26. The smallest absolute Gasteiger partial charge is 0.329 e. The van der Waals surface area contributed by atoms with E-state index in [9.17, 15) is 19.7 Å². The number of nitrogens with two attached hydrogens (primary N) is 1. The molecule has 0 saturated heterocycles. The molecule has 0 fully saturated rings. The van der Waals surface area contributed by atoms with Crippen LogP contribution in [-0.2, 0) is 16.1 Å². The van der Waals surface area contributed by atoms with Gasteiger partial charge < -0.3 is 20.3 Å². The van der Waals surface area contributed by atoms with Gasteiger partial charge in [0.1, 0.15) is 18.6 Å². The van der Waals surface area contributed by atoms with Gasteiger partial charge in [-0.15, -0.1) is 0 Å². The number of methoxy groups -OCH3 is 2. The number of nitro benzene ring substituents is 1. The largest absolute Gasteiger partial charge is 0.496 e. The number of non-ortho nitro benzene ring substituents is 1. The fourth-order valence-electron chi connectivity index (χ4n) is 1.67. The minimum absolute atomic E-state index is 0.00407. The topological polar surface area (TPSA) is 142 Å². The van der Waals surface area contributed by atoms with Crippen molar-refractivity contribution in [2.75, 3.05) is 20.8 Å². The Morgan fingerprint density at radius 3 is 2.11 bits per heavy atom. The Morgan fingerprint density at radius 2 is 1.78 bits per heavy atom. The number of carbonyl (C=O) groups excluding carboxylic acids is 1. The van der Waals surface area contributed by atoms with Crippen molar-refractivity contribution in [1.29, 1.82) is 0 Å². The number of hydrogen-bond acceptors (Lipinski definition) is 7. The number of aliphatic carboxylic acids is 1. The standard InChI is InChI=1S/C8H11NO.C7H5NO3.C3H6O3/c1-10-8-5-3-2-4-7(8)6-9;9-5-6-1-3-7(4-2-6)8(10)11;1-6-2-3(4)5/h2-5H,6,9H2,1H3;1-5H;2H2,1H3,(H,4,5). The molecule has 3 N–H and O–H groups in total. The van der Waals surface area contributed by atoms with Crippen LogP contribution in [0.3, 0.4) is 0 Å². The lowest BCUT2D eigenvalue weighted by Gasteiger charge is -2.03. The van der Waals surface area contributed by atoms with Crippen LogP contribution in [0.15, 0.2) is 48.5 Å². The molecule has 0 aliphatic carbocycles. The Balaban J connectivity index is 0.000000394. The SMILES string of the molecule is COCC(=O)O.COc1ccccc1CN.O=Cc1ccc([N+](=O)[O-])cc1. The van der Waals surface area contributed by atoms with Gasteiger partial charge in [0.15, 0.2) is 0 Å².